The van der Waals surface area contributed by atoms with Crippen LogP contribution in [-0.4, -0.2) is 32.3 Å². The topological polar surface area (TPSA) is 121 Å². The van der Waals surface area contributed by atoms with Crippen LogP contribution in [0.3, 0.4) is 0 Å². The summed E-state index contributed by atoms with van der Waals surface area (Å²) in [6.45, 7) is 0.597. The van der Waals surface area contributed by atoms with Crippen LogP contribution in [-0.2, 0) is 11.3 Å². The lowest BCUT2D eigenvalue weighted by atomic mass is 10.2. The second kappa shape index (κ2) is 9.46. The highest BCUT2D eigenvalue weighted by molar-refractivity contribution is 7.98. The number of hydrogen-bond acceptors (Lipinski definition) is 7. The second-order valence-electron chi connectivity index (χ2n) is 6.07. The van der Waals surface area contributed by atoms with Gasteiger partial charge in [-0.1, -0.05) is 23.5 Å². The standard InChI is InChI=1S/C19H16N4O5S2/c1-29-10-9-21-16-7-6-15(23(27)28)12-17(16)30-19(21)20-18(24)8-5-13-3-2-4-14(11-13)22(25)26/h2-8,11-12H,9-10H2,1H3. The molecule has 3 rings (SSSR count). The van der Waals surface area contributed by atoms with Gasteiger partial charge in [-0.3, -0.25) is 25.0 Å². The number of aryl methyl sites for hydroxylation is 1. The van der Waals surface area contributed by atoms with Gasteiger partial charge in [0.15, 0.2) is 4.80 Å². The Balaban J connectivity index is 1.97. The number of amides is 1. The predicted octanol–water partition coefficient (Wildman–Crippen LogP) is 4.02. The van der Waals surface area contributed by atoms with Crippen LogP contribution in [0.1, 0.15) is 5.56 Å². The molecule has 0 aliphatic heterocycles. The van der Waals surface area contributed by atoms with Gasteiger partial charge < -0.3 is 4.57 Å². The van der Waals surface area contributed by atoms with Gasteiger partial charge in [0.1, 0.15) is 0 Å². The number of rotatable bonds is 7. The summed E-state index contributed by atoms with van der Waals surface area (Å²) in [5, 5.41) is 21.9. The maximum absolute atomic E-state index is 12.4. The molecule has 0 fully saturated rings. The van der Waals surface area contributed by atoms with E-state index in [1.54, 1.807) is 23.9 Å². The summed E-state index contributed by atoms with van der Waals surface area (Å²) in [6.07, 6.45) is 4.66. The minimum absolute atomic E-state index is 0.0239. The first kappa shape index (κ1) is 21.4. The fourth-order valence-electron chi connectivity index (χ4n) is 2.70. The average molecular weight is 444 g/mol. The number of nitro benzene ring substituents is 2. The molecule has 0 atom stereocenters. The number of thiazole rings is 1. The van der Waals surface area contributed by atoms with Crippen molar-refractivity contribution in [2.24, 2.45) is 4.99 Å². The second-order valence-corrected chi connectivity index (χ2v) is 8.07. The number of thioether (sulfide) groups is 1. The van der Waals surface area contributed by atoms with Gasteiger partial charge in [0.05, 0.1) is 20.1 Å². The van der Waals surface area contributed by atoms with E-state index in [-0.39, 0.29) is 11.4 Å². The van der Waals surface area contributed by atoms with E-state index in [0.717, 1.165) is 11.3 Å². The van der Waals surface area contributed by atoms with Gasteiger partial charge in [-0.15, -0.1) is 0 Å². The number of nitro groups is 2. The highest BCUT2D eigenvalue weighted by Crippen LogP contribution is 2.23. The maximum Gasteiger partial charge on any atom is 0.272 e. The molecule has 154 valence electrons. The maximum atomic E-state index is 12.4. The van der Waals surface area contributed by atoms with E-state index in [1.807, 2.05) is 10.8 Å². The molecule has 2 aromatic carbocycles. The van der Waals surface area contributed by atoms with Crippen molar-refractivity contribution in [1.82, 2.24) is 4.57 Å². The number of carbonyl (C=O) groups is 1. The minimum Gasteiger partial charge on any atom is -0.315 e. The Morgan fingerprint density at radius 3 is 2.60 bits per heavy atom. The van der Waals surface area contributed by atoms with E-state index >= 15 is 0 Å². The summed E-state index contributed by atoms with van der Waals surface area (Å²) >= 11 is 2.84. The lowest BCUT2D eigenvalue weighted by Gasteiger charge is -2.03. The van der Waals surface area contributed by atoms with Gasteiger partial charge in [-0.2, -0.15) is 16.8 Å². The lowest BCUT2D eigenvalue weighted by Crippen LogP contribution is -2.17. The zero-order valence-electron chi connectivity index (χ0n) is 15.8. The SMILES string of the molecule is CSCCn1c(=NC(=O)C=Cc2cccc([N+](=O)[O-])c2)sc2cc([N+](=O)[O-])ccc21. The number of carbonyl (C=O) groups excluding carboxylic acids is 1. The normalized spacial score (nSPS) is 12.0. The van der Waals surface area contributed by atoms with Gasteiger partial charge in [0, 0.05) is 42.6 Å². The molecule has 3 aromatic rings. The first-order chi connectivity index (χ1) is 14.4. The molecule has 0 radical (unpaired) electrons. The van der Waals surface area contributed by atoms with Crippen molar-refractivity contribution in [1.29, 1.82) is 0 Å². The van der Waals surface area contributed by atoms with Crippen LogP contribution in [0, 0.1) is 20.2 Å². The molecule has 1 heterocycles. The van der Waals surface area contributed by atoms with Crippen LogP contribution in [0.5, 0.6) is 0 Å². The number of hydrogen-bond donors (Lipinski definition) is 0. The Morgan fingerprint density at radius 2 is 1.90 bits per heavy atom. The van der Waals surface area contributed by atoms with E-state index in [2.05, 4.69) is 4.99 Å². The van der Waals surface area contributed by atoms with Crippen molar-refractivity contribution in [3.05, 3.63) is 79.1 Å². The van der Waals surface area contributed by atoms with Crippen LogP contribution in [0.15, 0.2) is 53.5 Å². The first-order valence-electron chi connectivity index (χ1n) is 8.67. The van der Waals surface area contributed by atoms with E-state index in [4.69, 9.17) is 0 Å². The summed E-state index contributed by atoms with van der Waals surface area (Å²) in [5.41, 5.74) is 1.19. The van der Waals surface area contributed by atoms with Crippen LogP contribution in [0.25, 0.3) is 16.3 Å². The highest BCUT2D eigenvalue weighted by atomic mass is 32.2. The summed E-state index contributed by atoms with van der Waals surface area (Å²) in [4.78, 5) is 37.9. The highest BCUT2D eigenvalue weighted by Gasteiger charge is 2.12. The molecule has 0 bridgehead atoms. The van der Waals surface area contributed by atoms with Gasteiger partial charge in [-0.25, -0.2) is 0 Å². The predicted molar refractivity (Wildman–Crippen MR) is 118 cm³/mol. The van der Waals surface area contributed by atoms with Crippen molar-refractivity contribution in [3.63, 3.8) is 0 Å². The average Bonchev–Trinajstić information content (AvgIpc) is 3.06. The van der Waals surface area contributed by atoms with E-state index < -0.39 is 15.8 Å². The van der Waals surface area contributed by atoms with Crippen molar-refractivity contribution < 1.29 is 14.6 Å². The molecule has 0 saturated carbocycles. The monoisotopic (exact) mass is 444 g/mol. The molecule has 9 nitrogen and oxygen atoms in total. The quantitative estimate of drug-likeness (QED) is 0.308. The fourth-order valence-corrected chi connectivity index (χ4v) is 4.16. The molecule has 30 heavy (non-hydrogen) atoms. The Morgan fingerprint density at radius 1 is 1.17 bits per heavy atom. The number of aromatic nitrogens is 1. The minimum atomic E-state index is -0.527. The molecule has 0 spiro atoms. The van der Waals surface area contributed by atoms with E-state index in [9.17, 15) is 25.0 Å². The summed E-state index contributed by atoms with van der Waals surface area (Å²) in [6, 6.07) is 10.5. The largest absolute Gasteiger partial charge is 0.315 e. The Labute approximate surface area is 178 Å². The van der Waals surface area contributed by atoms with E-state index in [0.29, 0.717) is 21.6 Å². The number of fused-ring (bicyclic) bond motifs is 1. The Hall–Kier alpha value is -3.31. The van der Waals surface area contributed by atoms with Gasteiger partial charge in [0.2, 0.25) is 0 Å². The molecule has 11 heteroatoms. The first-order valence-corrected chi connectivity index (χ1v) is 10.9. The number of non-ortho nitro benzene ring substituents is 2. The number of nitrogens with zero attached hydrogens (tertiary/aromatic N) is 4. The molecule has 0 aliphatic rings. The zero-order chi connectivity index (χ0) is 21.7. The van der Waals surface area contributed by atoms with Crippen LogP contribution < -0.4 is 4.80 Å². The van der Waals surface area contributed by atoms with Crippen LogP contribution in [0.4, 0.5) is 11.4 Å². The van der Waals surface area contributed by atoms with Crippen LogP contribution in [0.2, 0.25) is 0 Å². The number of benzene rings is 2. The van der Waals surface area contributed by atoms with Gasteiger partial charge >= 0.3 is 0 Å². The summed E-state index contributed by atoms with van der Waals surface area (Å²) in [5.74, 6) is 0.258. The third kappa shape index (κ3) is 4.99. The third-order valence-corrected chi connectivity index (χ3v) is 5.73. The molecule has 1 amide bonds. The van der Waals surface area contributed by atoms with Crippen molar-refractivity contribution in [3.8, 4) is 0 Å². The van der Waals surface area contributed by atoms with Gasteiger partial charge in [0.25, 0.3) is 17.3 Å². The van der Waals surface area contributed by atoms with Crippen molar-refractivity contribution in [2.45, 2.75) is 6.54 Å². The molecule has 0 N–H and O–H groups in total. The fraction of sp³-hybridized carbons (Fsp3) is 0.158. The van der Waals surface area contributed by atoms with E-state index in [1.165, 1.54) is 53.8 Å². The molecule has 0 saturated heterocycles. The third-order valence-electron chi connectivity index (χ3n) is 4.10. The lowest BCUT2D eigenvalue weighted by molar-refractivity contribution is -0.385. The van der Waals surface area contributed by atoms with Crippen molar-refractivity contribution in [2.75, 3.05) is 12.0 Å². The summed E-state index contributed by atoms with van der Waals surface area (Å²) < 4.78 is 2.53. The molecule has 0 aliphatic carbocycles. The molecule has 0 unspecified atom stereocenters. The molecule has 1 aromatic heterocycles. The smallest absolute Gasteiger partial charge is 0.272 e. The molecular formula is C19H16N4O5S2. The Kier molecular flexibility index (Phi) is 6.75. The van der Waals surface area contributed by atoms with Crippen molar-refractivity contribution >= 4 is 56.7 Å². The Bertz CT molecular complexity index is 1230. The summed E-state index contributed by atoms with van der Waals surface area (Å²) in [7, 11) is 0. The van der Waals surface area contributed by atoms with Gasteiger partial charge in [-0.05, 0) is 24.0 Å². The zero-order valence-corrected chi connectivity index (χ0v) is 17.4. The van der Waals surface area contributed by atoms with Crippen LogP contribution >= 0.6 is 23.1 Å². The molecular weight excluding hydrogens is 428 g/mol.